The first kappa shape index (κ1) is 27.2. The molecule has 0 aliphatic carbocycles. The van der Waals surface area contributed by atoms with E-state index in [1.54, 1.807) is 30.0 Å². The topological polar surface area (TPSA) is 103 Å². The minimum Gasteiger partial charge on any atom is -0.467 e. The van der Waals surface area contributed by atoms with Crippen molar-refractivity contribution in [2.45, 2.75) is 44.4 Å². The number of rotatable bonds is 6. The van der Waals surface area contributed by atoms with Gasteiger partial charge in [0.15, 0.2) is 12.7 Å². The molecular weight excluding hydrogens is 555 g/mol. The van der Waals surface area contributed by atoms with Crippen LogP contribution in [0, 0.1) is 6.92 Å². The molecule has 5 rings (SSSR count). The van der Waals surface area contributed by atoms with E-state index in [-0.39, 0.29) is 17.9 Å². The quantitative estimate of drug-likeness (QED) is 0.373. The molecule has 8 nitrogen and oxygen atoms in total. The monoisotopic (exact) mass is 579 g/mol. The minimum atomic E-state index is -4.62. The number of hydrogen-bond acceptors (Lipinski definition) is 8. The Balaban J connectivity index is 1.15. The fraction of sp³-hybridized carbons (Fsp3) is 0.385. The lowest BCUT2D eigenvalue weighted by atomic mass is 9.97. The maximum Gasteiger partial charge on any atom is 0.421 e. The number of nitrogens with zero attached hydrogens (tertiary/aromatic N) is 4. The highest BCUT2D eigenvalue weighted by Gasteiger charge is 2.36. The van der Waals surface area contributed by atoms with E-state index >= 15 is 0 Å². The van der Waals surface area contributed by atoms with E-state index in [0.717, 1.165) is 22.5 Å². The number of benzene rings is 1. The number of oxime groups is 1. The van der Waals surface area contributed by atoms with Gasteiger partial charge in [0.25, 0.3) is 5.91 Å². The van der Waals surface area contributed by atoms with E-state index in [0.29, 0.717) is 54.3 Å². The highest BCUT2D eigenvalue weighted by atomic mass is 35.5. The van der Waals surface area contributed by atoms with Crippen LogP contribution in [0.5, 0.6) is 5.88 Å². The first-order valence-corrected chi connectivity index (χ1v) is 13.5. The van der Waals surface area contributed by atoms with Crippen LogP contribution in [0.3, 0.4) is 0 Å². The molecule has 2 N–H and O–H groups in total. The number of carbonyl (C=O) groups excluding carboxylic acids is 1. The SMILES string of the molecule is Cc1ccc(C(F)(F)F)c(OCC(=O)N2CCC(c3nc(C4=NOC(c5c(N)cccc5Cl)C4)cs3)CC2)n1. The summed E-state index contributed by atoms with van der Waals surface area (Å²) in [6.07, 6.45) is -3.15. The molecule has 2 aliphatic heterocycles. The van der Waals surface area contributed by atoms with Crippen molar-refractivity contribution in [2.24, 2.45) is 5.16 Å². The summed E-state index contributed by atoms with van der Waals surface area (Å²) < 4.78 is 45.0. The van der Waals surface area contributed by atoms with E-state index in [1.165, 1.54) is 17.4 Å². The lowest BCUT2D eigenvalue weighted by Gasteiger charge is -2.31. The molecule has 2 aromatic heterocycles. The lowest BCUT2D eigenvalue weighted by molar-refractivity contribution is -0.141. The molecule has 0 spiro atoms. The van der Waals surface area contributed by atoms with Gasteiger partial charge >= 0.3 is 6.18 Å². The number of piperidine rings is 1. The third-order valence-electron chi connectivity index (χ3n) is 6.73. The number of pyridine rings is 1. The third kappa shape index (κ3) is 5.96. The van der Waals surface area contributed by atoms with Crippen LogP contribution in [-0.4, -0.2) is 46.2 Å². The number of hydrogen-bond donors (Lipinski definition) is 1. The second kappa shape index (κ2) is 11.0. The number of nitrogens with two attached hydrogens (primary N) is 1. The Morgan fingerprint density at radius 3 is 2.72 bits per heavy atom. The predicted molar refractivity (Wildman–Crippen MR) is 141 cm³/mol. The molecule has 0 radical (unpaired) electrons. The summed E-state index contributed by atoms with van der Waals surface area (Å²) in [7, 11) is 0. The Bertz CT molecular complexity index is 1390. The van der Waals surface area contributed by atoms with Gasteiger partial charge in [-0.2, -0.15) is 13.2 Å². The molecule has 2 aliphatic rings. The highest BCUT2D eigenvalue weighted by molar-refractivity contribution is 7.10. The molecule has 1 aromatic carbocycles. The highest BCUT2D eigenvalue weighted by Crippen LogP contribution is 2.38. The van der Waals surface area contributed by atoms with E-state index in [4.69, 9.17) is 31.9 Å². The van der Waals surface area contributed by atoms with Crippen molar-refractivity contribution in [3.8, 4) is 5.88 Å². The first-order chi connectivity index (χ1) is 18.6. The van der Waals surface area contributed by atoms with Gasteiger partial charge in [-0.1, -0.05) is 22.8 Å². The van der Waals surface area contributed by atoms with Crippen LogP contribution in [0.1, 0.15) is 58.8 Å². The number of ether oxygens (including phenoxy) is 1. The van der Waals surface area contributed by atoms with Crippen molar-refractivity contribution in [1.82, 2.24) is 14.9 Å². The Morgan fingerprint density at radius 2 is 2.00 bits per heavy atom. The maximum atomic E-state index is 13.2. The van der Waals surface area contributed by atoms with Gasteiger partial charge in [-0.05, 0) is 44.0 Å². The second-order valence-electron chi connectivity index (χ2n) is 9.40. The lowest BCUT2D eigenvalue weighted by Crippen LogP contribution is -2.40. The summed E-state index contributed by atoms with van der Waals surface area (Å²) >= 11 is 7.84. The average Bonchev–Trinajstić information content (AvgIpc) is 3.57. The number of carbonyl (C=O) groups is 1. The van der Waals surface area contributed by atoms with E-state index < -0.39 is 24.2 Å². The molecule has 1 unspecified atom stereocenters. The number of halogens is 4. The number of anilines is 1. The maximum absolute atomic E-state index is 13.2. The minimum absolute atomic E-state index is 0.155. The van der Waals surface area contributed by atoms with Gasteiger partial charge < -0.3 is 20.2 Å². The molecule has 4 heterocycles. The molecule has 206 valence electrons. The zero-order valence-corrected chi connectivity index (χ0v) is 22.4. The summed E-state index contributed by atoms with van der Waals surface area (Å²) in [5.41, 5.74) is 8.16. The molecule has 1 saturated heterocycles. The summed E-state index contributed by atoms with van der Waals surface area (Å²) in [5, 5.41) is 7.62. The summed E-state index contributed by atoms with van der Waals surface area (Å²) in [6.45, 7) is 1.95. The number of thiazole rings is 1. The van der Waals surface area contributed by atoms with Gasteiger partial charge in [-0.15, -0.1) is 11.3 Å². The van der Waals surface area contributed by atoms with Crippen LogP contribution in [-0.2, 0) is 15.8 Å². The van der Waals surface area contributed by atoms with E-state index in [1.807, 2.05) is 5.38 Å². The zero-order valence-electron chi connectivity index (χ0n) is 20.9. The van der Waals surface area contributed by atoms with Crippen LogP contribution in [0.15, 0.2) is 40.9 Å². The van der Waals surface area contributed by atoms with Crippen molar-refractivity contribution < 1.29 is 27.5 Å². The normalized spacial score (nSPS) is 18.1. The van der Waals surface area contributed by atoms with Gasteiger partial charge in [-0.25, -0.2) is 9.97 Å². The predicted octanol–water partition coefficient (Wildman–Crippen LogP) is 5.75. The second-order valence-corrected chi connectivity index (χ2v) is 10.7. The van der Waals surface area contributed by atoms with Gasteiger partial charge in [0.1, 0.15) is 11.3 Å². The molecular formula is C26H25ClF3N5O3S. The van der Waals surface area contributed by atoms with E-state index in [9.17, 15) is 18.0 Å². The Hall–Kier alpha value is -3.38. The zero-order chi connectivity index (χ0) is 27.7. The summed E-state index contributed by atoms with van der Waals surface area (Å²) in [5.74, 6) is -0.812. The smallest absolute Gasteiger partial charge is 0.421 e. The number of aryl methyl sites for hydroxylation is 1. The van der Waals surface area contributed by atoms with Crippen LogP contribution in [0.25, 0.3) is 0 Å². The molecule has 0 bridgehead atoms. The summed E-state index contributed by atoms with van der Waals surface area (Å²) in [4.78, 5) is 28.5. The average molecular weight is 580 g/mol. The number of alkyl halides is 3. The standard InChI is InChI=1S/C26H25ClF3N5O3S/c1-14-5-6-16(26(28,29)30)24(32-14)37-12-22(36)35-9-7-15(8-10-35)25-33-20(13-39-25)19-11-21(38-34-19)23-17(27)3-2-4-18(23)31/h2-6,13,15,21H,7-12,31H2,1H3. The van der Waals surface area contributed by atoms with Crippen LogP contribution < -0.4 is 10.5 Å². The Morgan fingerprint density at radius 1 is 1.23 bits per heavy atom. The van der Waals surface area contributed by atoms with Crippen molar-refractivity contribution in [2.75, 3.05) is 25.4 Å². The van der Waals surface area contributed by atoms with Crippen LogP contribution >= 0.6 is 22.9 Å². The van der Waals surface area contributed by atoms with Crippen LogP contribution in [0.2, 0.25) is 5.02 Å². The fourth-order valence-electron chi connectivity index (χ4n) is 4.64. The largest absolute Gasteiger partial charge is 0.467 e. The van der Waals surface area contributed by atoms with Gasteiger partial charge in [-0.3, -0.25) is 4.79 Å². The van der Waals surface area contributed by atoms with Gasteiger partial charge in [0, 0.05) is 52.8 Å². The third-order valence-corrected chi connectivity index (χ3v) is 8.07. The number of amides is 1. The van der Waals surface area contributed by atoms with E-state index in [2.05, 4.69) is 10.1 Å². The Kier molecular flexibility index (Phi) is 7.68. The van der Waals surface area contributed by atoms with Crippen molar-refractivity contribution in [3.05, 3.63) is 68.3 Å². The van der Waals surface area contributed by atoms with Crippen molar-refractivity contribution in [3.63, 3.8) is 0 Å². The number of aromatic nitrogens is 2. The molecule has 13 heteroatoms. The number of likely N-dealkylation sites (tertiary alicyclic amines) is 1. The molecule has 1 amide bonds. The van der Waals surface area contributed by atoms with Gasteiger partial charge in [0.2, 0.25) is 5.88 Å². The Labute approximate surface area is 231 Å². The fourth-order valence-corrected chi connectivity index (χ4v) is 5.94. The van der Waals surface area contributed by atoms with Crippen molar-refractivity contribution >= 4 is 40.2 Å². The summed E-state index contributed by atoms with van der Waals surface area (Å²) in [6, 6.07) is 7.48. The molecule has 3 aromatic rings. The molecule has 39 heavy (non-hydrogen) atoms. The first-order valence-electron chi connectivity index (χ1n) is 12.3. The van der Waals surface area contributed by atoms with Crippen LogP contribution in [0.4, 0.5) is 18.9 Å². The molecule has 1 fully saturated rings. The molecule has 1 atom stereocenters. The number of nitrogen functional groups attached to an aromatic ring is 1. The molecule has 0 saturated carbocycles. The van der Waals surface area contributed by atoms with Crippen molar-refractivity contribution in [1.29, 1.82) is 0 Å². The van der Waals surface area contributed by atoms with Gasteiger partial charge in [0.05, 0.1) is 10.7 Å².